The Morgan fingerprint density at radius 1 is 1.00 bits per heavy atom. The summed E-state index contributed by atoms with van der Waals surface area (Å²) in [4.78, 5) is 16.5. The Kier molecular flexibility index (Phi) is 3.31. The number of benzene rings is 2. The molecule has 0 atom stereocenters. The van der Waals surface area contributed by atoms with Crippen LogP contribution in [0.15, 0.2) is 51.7 Å². The Labute approximate surface area is 120 Å². The summed E-state index contributed by atoms with van der Waals surface area (Å²) < 4.78 is 15.6. The molecular weight excluding hydrogens is 270 g/mol. The summed E-state index contributed by atoms with van der Waals surface area (Å²) in [6.45, 7) is 0. The number of hydrogen-bond acceptors (Lipinski definition) is 5. The van der Waals surface area contributed by atoms with E-state index in [2.05, 4.69) is 4.98 Å². The first-order chi connectivity index (χ1) is 10.2. The second kappa shape index (κ2) is 5.28. The van der Waals surface area contributed by atoms with Crippen LogP contribution in [0.4, 0.5) is 0 Å². The van der Waals surface area contributed by atoms with E-state index in [9.17, 15) is 4.79 Å². The number of rotatable bonds is 3. The van der Waals surface area contributed by atoms with Gasteiger partial charge in [0.05, 0.1) is 19.7 Å². The second-order valence-electron chi connectivity index (χ2n) is 4.39. The van der Waals surface area contributed by atoms with E-state index >= 15 is 0 Å². The van der Waals surface area contributed by atoms with Crippen LogP contribution in [0.2, 0.25) is 0 Å². The van der Waals surface area contributed by atoms with Gasteiger partial charge in [-0.2, -0.15) is 0 Å². The Morgan fingerprint density at radius 2 is 1.76 bits per heavy atom. The van der Waals surface area contributed by atoms with Gasteiger partial charge >= 0.3 is 5.63 Å². The van der Waals surface area contributed by atoms with Crippen LogP contribution in [0.5, 0.6) is 11.5 Å². The zero-order valence-corrected chi connectivity index (χ0v) is 11.6. The maximum Gasteiger partial charge on any atom is 0.350 e. The van der Waals surface area contributed by atoms with Crippen molar-refractivity contribution in [2.24, 2.45) is 0 Å². The van der Waals surface area contributed by atoms with Gasteiger partial charge in [-0.05, 0) is 36.4 Å². The molecule has 0 bridgehead atoms. The normalized spacial score (nSPS) is 10.6. The maximum atomic E-state index is 12.2. The van der Waals surface area contributed by atoms with E-state index < -0.39 is 5.63 Å². The lowest BCUT2D eigenvalue weighted by atomic mass is 10.2. The van der Waals surface area contributed by atoms with E-state index in [1.54, 1.807) is 49.6 Å². The van der Waals surface area contributed by atoms with Crippen molar-refractivity contribution in [3.8, 4) is 23.0 Å². The fraction of sp³-hybridized carbons (Fsp3) is 0.125. The summed E-state index contributed by atoms with van der Waals surface area (Å²) in [6, 6.07) is 12.4. The van der Waals surface area contributed by atoms with Crippen molar-refractivity contribution in [2.75, 3.05) is 14.2 Å². The van der Waals surface area contributed by atoms with Crippen LogP contribution in [-0.4, -0.2) is 19.2 Å². The second-order valence-corrected chi connectivity index (χ2v) is 4.39. The molecule has 21 heavy (non-hydrogen) atoms. The van der Waals surface area contributed by atoms with Gasteiger partial charge in [0.1, 0.15) is 16.9 Å². The molecule has 106 valence electrons. The van der Waals surface area contributed by atoms with Crippen molar-refractivity contribution in [3.05, 3.63) is 52.9 Å². The van der Waals surface area contributed by atoms with Gasteiger partial charge in [-0.15, -0.1) is 0 Å². The smallest absolute Gasteiger partial charge is 0.350 e. The average Bonchev–Trinajstić information content (AvgIpc) is 2.54. The Hall–Kier alpha value is -2.82. The lowest BCUT2D eigenvalue weighted by Crippen LogP contribution is -2.04. The predicted molar refractivity (Wildman–Crippen MR) is 78.8 cm³/mol. The zero-order chi connectivity index (χ0) is 14.8. The third-order valence-electron chi connectivity index (χ3n) is 3.18. The number of fused-ring (bicyclic) bond motifs is 1. The van der Waals surface area contributed by atoms with Gasteiger partial charge in [-0.3, -0.25) is 0 Å². The van der Waals surface area contributed by atoms with E-state index in [1.165, 1.54) is 7.11 Å². The molecule has 3 rings (SSSR count). The quantitative estimate of drug-likeness (QED) is 0.739. The first-order valence-electron chi connectivity index (χ1n) is 6.35. The third kappa shape index (κ3) is 2.33. The van der Waals surface area contributed by atoms with Gasteiger partial charge in [-0.25, -0.2) is 9.78 Å². The van der Waals surface area contributed by atoms with E-state index in [0.717, 1.165) is 5.75 Å². The first-order valence-corrected chi connectivity index (χ1v) is 6.35. The van der Waals surface area contributed by atoms with Crippen LogP contribution in [0.25, 0.3) is 22.4 Å². The molecule has 3 aromatic rings. The van der Waals surface area contributed by atoms with Crippen molar-refractivity contribution < 1.29 is 13.9 Å². The van der Waals surface area contributed by atoms with Gasteiger partial charge in [0.25, 0.3) is 0 Å². The summed E-state index contributed by atoms with van der Waals surface area (Å²) in [5.41, 5.74) is 0.775. The zero-order valence-electron chi connectivity index (χ0n) is 11.6. The lowest BCUT2D eigenvalue weighted by Gasteiger charge is -2.05. The van der Waals surface area contributed by atoms with Crippen molar-refractivity contribution in [2.45, 2.75) is 0 Å². The molecule has 0 saturated carbocycles. The molecular formula is C16H13NO4. The fourth-order valence-electron chi connectivity index (χ4n) is 2.12. The molecule has 0 fully saturated rings. The van der Waals surface area contributed by atoms with Gasteiger partial charge in [0, 0.05) is 5.56 Å². The Balaban J connectivity index is 2.18. The molecule has 0 N–H and O–H groups in total. The fourth-order valence-corrected chi connectivity index (χ4v) is 2.12. The minimum Gasteiger partial charge on any atom is -0.497 e. The third-order valence-corrected chi connectivity index (χ3v) is 3.18. The summed E-state index contributed by atoms with van der Waals surface area (Å²) in [5.74, 6) is 1.45. The Morgan fingerprint density at radius 3 is 2.43 bits per heavy atom. The molecule has 0 radical (unpaired) electrons. The largest absolute Gasteiger partial charge is 0.497 e. The minimum absolute atomic E-state index is 0.267. The van der Waals surface area contributed by atoms with Crippen molar-refractivity contribution in [3.63, 3.8) is 0 Å². The minimum atomic E-state index is -0.469. The van der Waals surface area contributed by atoms with Gasteiger partial charge < -0.3 is 13.9 Å². The SMILES string of the molecule is COc1ccc(-c2nc3cccc(OC)c3c(=O)o2)cc1. The van der Waals surface area contributed by atoms with Crippen LogP contribution >= 0.6 is 0 Å². The molecule has 0 spiro atoms. The summed E-state index contributed by atoms with van der Waals surface area (Å²) in [5, 5.41) is 0.345. The van der Waals surface area contributed by atoms with E-state index in [-0.39, 0.29) is 5.89 Å². The van der Waals surface area contributed by atoms with E-state index in [4.69, 9.17) is 13.9 Å². The monoisotopic (exact) mass is 283 g/mol. The molecule has 1 heterocycles. The number of aromatic nitrogens is 1. The molecule has 0 aliphatic heterocycles. The highest BCUT2D eigenvalue weighted by molar-refractivity contribution is 5.84. The van der Waals surface area contributed by atoms with Gasteiger partial charge in [-0.1, -0.05) is 6.07 Å². The van der Waals surface area contributed by atoms with E-state index in [0.29, 0.717) is 22.2 Å². The van der Waals surface area contributed by atoms with E-state index in [1.807, 2.05) is 0 Å². The highest BCUT2D eigenvalue weighted by Crippen LogP contribution is 2.25. The van der Waals surface area contributed by atoms with Gasteiger partial charge in [0.15, 0.2) is 0 Å². The molecule has 1 aromatic heterocycles. The Bertz CT molecular complexity index is 837. The molecule has 5 heteroatoms. The first kappa shape index (κ1) is 13.2. The van der Waals surface area contributed by atoms with Crippen molar-refractivity contribution >= 4 is 10.9 Å². The molecule has 2 aromatic carbocycles. The molecule has 0 saturated heterocycles. The number of hydrogen-bond donors (Lipinski definition) is 0. The topological polar surface area (TPSA) is 61.6 Å². The number of methoxy groups -OCH3 is 2. The van der Waals surface area contributed by atoms with Crippen LogP contribution < -0.4 is 15.1 Å². The predicted octanol–water partition coefficient (Wildman–Crippen LogP) is 2.87. The van der Waals surface area contributed by atoms with Crippen molar-refractivity contribution in [1.29, 1.82) is 0 Å². The van der Waals surface area contributed by atoms with Crippen molar-refractivity contribution in [1.82, 2.24) is 4.98 Å². The average molecular weight is 283 g/mol. The standard InChI is InChI=1S/C16H13NO4/c1-19-11-8-6-10(7-9-11)15-17-12-4-3-5-13(20-2)14(12)16(18)21-15/h3-9H,1-2H3. The van der Waals surface area contributed by atoms with Crippen LogP contribution in [-0.2, 0) is 0 Å². The molecule has 0 aliphatic carbocycles. The molecule has 0 aliphatic rings. The highest BCUT2D eigenvalue weighted by Gasteiger charge is 2.12. The number of nitrogens with zero attached hydrogens (tertiary/aromatic N) is 1. The highest BCUT2D eigenvalue weighted by atomic mass is 16.5. The summed E-state index contributed by atoms with van der Waals surface area (Å²) in [7, 11) is 3.10. The maximum absolute atomic E-state index is 12.2. The molecule has 0 unspecified atom stereocenters. The van der Waals surface area contributed by atoms with Crippen LogP contribution in [0, 0.1) is 0 Å². The lowest BCUT2D eigenvalue weighted by molar-refractivity contribution is 0.414. The number of ether oxygens (including phenoxy) is 2. The van der Waals surface area contributed by atoms with Gasteiger partial charge in [0.2, 0.25) is 5.89 Å². The molecule has 0 amide bonds. The summed E-state index contributed by atoms with van der Waals surface area (Å²) >= 11 is 0. The van der Waals surface area contributed by atoms with Crippen LogP contribution in [0.3, 0.4) is 0 Å². The summed E-state index contributed by atoms with van der Waals surface area (Å²) in [6.07, 6.45) is 0. The molecule has 5 nitrogen and oxygen atoms in total. The van der Waals surface area contributed by atoms with Crippen LogP contribution in [0.1, 0.15) is 0 Å².